The van der Waals surface area contributed by atoms with E-state index in [-0.39, 0.29) is 5.41 Å². The zero-order valence-electron chi connectivity index (χ0n) is 12.0. The number of rotatable bonds is 8. The van der Waals surface area contributed by atoms with E-state index in [1.165, 1.54) is 17.1 Å². The van der Waals surface area contributed by atoms with Gasteiger partial charge in [-0.1, -0.05) is 20.8 Å². The van der Waals surface area contributed by atoms with Crippen molar-refractivity contribution in [2.45, 2.75) is 46.1 Å². The summed E-state index contributed by atoms with van der Waals surface area (Å²) in [5.74, 6) is 0. The van der Waals surface area contributed by atoms with Gasteiger partial charge in [-0.05, 0) is 31.2 Å². The number of hydrogen-bond donors (Lipinski definition) is 2. The summed E-state index contributed by atoms with van der Waals surface area (Å²) in [4.78, 5) is 0. The molecule has 0 saturated heterocycles. The summed E-state index contributed by atoms with van der Waals surface area (Å²) in [7, 11) is -1.70. The lowest BCUT2D eigenvalue weighted by Gasteiger charge is -2.22. The molecule has 1 fully saturated rings. The first-order chi connectivity index (χ1) is 8.21. The summed E-state index contributed by atoms with van der Waals surface area (Å²) >= 11 is 0. The summed E-state index contributed by atoms with van der Waals surface area (Å²) in [5, 5.41) is 3.38. The molecule has 0 spiro atoms. The van der Waals surface area contributed by atoms with Crippen molar-refractivity contribution in [1.82, 2.24) is 14.3 Å². The van der Waals surface area contributed by atoms with E-state index in [0.717, 1.165) is 13.0 Å². The van der Waals surface area contributed by atoms with Gasteiger partial charge in [0.2, 0.25) is 0 Å². The largest absolute Gasteiger partial charge is 0.314 e. The van der Waals surface area contributed by atoms with Crippen LogP contribution in [0.25, 0.3) is 0 Å². The molecule has 1 aliphatic carbocycles. The number of nitrogens with zero attached hydrogens (tertiary/aromatic N) is 1. The van der Waals surface area contributed by atoms with Gasteiger partial charge in [-0.3, -0.25) is 0 Å². The lowest BCUT2D eigenvalue weighted by Crippen LogP contribution is -2.42. The van der Waals surface area contributed by atoms with E-state index >= 15 is 0 Å². The average Bonchev–Trinajstić information content (AvgIpc) is 3.04. The first kappa shape index (κ1) is 15.9. The third kappa shape index (κ3) is 6.68. The summed E-state index contributed by atoms with van der Waals surface area (Å²) in [6, 6.07) is 0.686. The molecule has 0 heterocycles. The maximum Gasteiger partial charge on any atom is 0.279 e. The third-order valence-corrected chi connectivity index (χ3v) is 4.37. The highest BCUT2D eigenvalue weighted by Crippen LogP contribution is 2.18. The van der Waals surface area contributed by atoms with E-state index in [9.17, 15) is 8.42 Å². The molecule has 0 amide bonds. The standard InChI is InChI=1S/C12H27N3O2S/c1-12(2,3)10-14-18(16,17)15(4)9-5-8-13-11-6-7-11/h11,13-14H,5-10H2,1-4H3. The van der Waals surface area contributed by atoms with E-state index in [1.54, 1.807) is 7.05 Å². The van der Waals surface area contributed by atoms with Gasteiger partial charge in [0.25, 0.3) is 10.2 Å². The van der Waals surface area contributed by atoms with Gasteiger partial charge in [0, 0.05) is 26.2 Å². The van der Waals surface area contributed by atoms with Crippen molar-refractivity contribution in [3.05, 3.63) is 0 Å². The first-order valence-electron chi connectivity index (χ1n) is 6.65. The summed E-state index contributed by atoms with van der Waals surface area (Å²) in [5.41, 5.74) is -0.0402. The lowest BCUT2D eigenvalue weighted by atomic mass is 9.98. The zero-order valence-corrected chi connectivity index (χ0v) is 12.8. The monoisotopic (exact) mass is 277 g/mol. The minimum absolute atomic E-state index is 0.0402. The van der Waals surface area contributed by atoms with Crippen LogP contribution in [0.2, 0.25) is 0 Å². The van der Waals surface area contributed by atoms with Gasteiger partial charge in [-0.15, -0.1) is 0 Å². The van der Waals surface area contributed by atoms with Crippen molar-refractivity contribution >= 4 is 10.2 Å². The van der Waals surface area contributed by atoms with Gasteiger partial charge in [0.15, 0.2) is 0 Å². The molecule has 108 valence electrons. The van der Waals surface area contributed by atoms with Crippen molar-refractivity contribution in [2.75, 3.05) is 26.7 Å². The Morgan fingerprint density at radius 3 is 2.39 bits per heavy atom. The van der Waals surface area contributed by atoms with Crippen LogP contribution in [0.4, 0.5) is 0 Å². The van der Waals surface area contributed by atoms with Crippen LogP contribution in [-0.2, 0) is 10.2 Å². The van der Waals surface area contributed by atoms with Crippen LogP contribution >= 0.6 is 0 Å². The molecule has 0 unspecified atom stereocenters. The van der Waals surface area contributed by atoms with Crippen LogP contribution in [0, 0.1) is 5.41 Å². The Labute approximate surface area is 112 Å². The number of nitrogens with one attached hydrogen (secondary N) is 2. The highest BCUT2D eigenvalue weighted by molar-refractivity contribution is 7.87. The van der Waals surface area contributed by atoms with Crippen LogP contribution in [0.15, 0.2) is 0 Å². The fourth-order valence-electron chi connectivity index (χ4n) is 1.43. The molecule has 1 rings (SSSR count). The van der Waals surface area contributed by atoms with Gasteiger partial charge >= 0.3 is 0 Å². The maximum atomic E-state index is 11.9. The van der Waals surface area contributed by atoms with Crippen molar-refractivity contribution in [2.24, 2.45) is 5.41 Å². The highest BCUT2D eigenvalue weighted by Gasteiger charge is 2.22. The lowest BCUT2D eigenvalue weighted by molar-refractivity contribution is 0.390. The molecule has 1 saturated carbocycles. The Morgan fingerprint density at radius 1 is 1.28 bits per heavy atom. The van der Waals surface area contributed by atoms with E-state index in [4.69, 9.17) is 0 Å². The molecule has 5 nitrogen and oxygen atoms in total. The molecule has 0 atom stereocenters. The van der Waals surface area contributed by atoms with E-state index in [1.807, 2.05) is 20.8 Å². The van der Waals surface area contributed by atoms with Gasteiger partial charge in [-0.2, -0.15) is 12.7 Å². The van der Waals surface area contributed by atoms with Gasteiger partial charge in [0.1, 0.15) is 0 Å². The molecule has 0 bridgehead atoms. The molecule has 2 N–H and O–H groups in total. The Kier molecular flexibility index (Phi) is 5.58. The second kappa shape index (κ2) is 6.32. The molecule has 0 aromatic heterocycles. The van der Waals surface area contributed by atoms with Crippen molar-refractivity contribution in [3.8, 4) is 0 Å². The molecule has 0 aromatic rings. The summed E-state index contributed by atoms with van der Waals surface area (Å²) < 4.78 is 27.9. The van der Waals surface area contributed by atoms with E-state index in [0.29, 0.717) is 19.1 Å². The predicted octanol–water partition coefficient (Wildman–Crippen LogP) is 0.941. The van der Waals surface area contributed by atoms with Crippen molar-refractivity contribution in [1.29, 1.82) is 0 Å². The topological polar surface area (TPSA) is 61.4 Å². The van der Waals surface area contributed by atoms with Crippen LogP contribution in [-0.4, -0.2) is 45.4 Å². The average molecular weight is 277 g/mol. The van der Waals surface area contributed by atoms with E-state index < -0.39 is 10.2 Å². The normalized spacial score (nSPS) is 17.4. The minimum atomic E-state index is -3.32. The molecule has 0 aromatic carbocycles. The molecular weight excluding hydrogens is 250 g/mol. The second-order valence-electron chi connectivity index (χ2n) is 6.29. The maximum absolute atomic E-state index is 11.9. The highest BCUT2D eigenvalue weighted by atomic mass is 32.2. The van der Waals surface area contributed by atoms with Crippen LogP contribution in [0.5, 0.6) is 0 Å². The number of hydrogen-bond acceptors (Lipinski definition) is 3. The zero-order chi connectivity index (χ0) is 13.8. The van der Waals surface area contributed by atoms with Crippen LogP contribution < -0.4 is 10.0 Å². The van der Waals surface area contributed by atoms with Gasteiger partial charge in [0.05, 0.1) is 0 Å². The molecule has 0 radical (unpaired) electrons. The first-order valence-corrected chi connectivity index (χ1v) is 8.09. The fourth-order valence-corrected chi connectivity index (χ4v) is 2.64. The third-order valence-electron chi connectivity index (χ3n) is 2.86. The summed E-state index contributed by atoms with van der Waals surface area (Å²) in [6.07, 6.45) is 3.38. The van der Waals surface area contributed by atoms with Gasteiger partial charge in [-0.25, -0.2) is 4.72 Å². The summed E-state index contributed by atoms with van der Waals surface area (Å²) in [6.45, 7) is 7.93. The molecule has 18 heavy (non-hydrogen) atoms. The van der Waals surface area contributed by atoms with Crippen molar-refractivity contribution in [3.63, 3.8) is 0 Å². The Hall–Kier alpha value is -0.170. The van der Waals surface area contributed by atoms with Crippen LogP contribution in [0.1, 0.15) is 40.0 Å². The molecular formula is C12H27N3O2S. The molecule has 0 aliphatic heterocycles. The van der Waals surface area contributed by atoms with E-state index in [2.05, 4.69) is 10.0 Å². The van der Waals surface area contributed by atoms with Gasteiger partial charge < -0.3 is 5.32 Å². The van der Waals surface area contributed by atoms with Crippen LogP contribution in [0.3, 0.4) is 0 Å². The minimum Gasteiger partial charge on any atom is -0.314 e. The molecule has 6 heteroatoms. The molecule has 1 aliphatic rings. The fraction of sp³-hybridized carbons (Fsp3) is 1.00. The second-order valence-corrected chi connectivity index (χ2v) is 8.15. The smallest absolute Gasteiger partial charge is 0.279 e. The van der Waals surface area contributed by atoms with Crippen molar-refractivity contribution < 1.29 is 8.42 Å². The Morgan fingerprint density at radius 2 is 1.89 bits per heavy atom. The SMILES string of the molecule is CN(CCCNC1CC1)S(=O)(=O)NCC(C)(C)C. The Bertz CT molecular complexity index is 345. The quantitative estimate of drug-likeness (QED) is 0.649. The Balaban J connectivity index is 2.22. The predicted molar refractivity (Wildman–Crippen MR) is 74.6 cm³/mol.